The summed E-state index contributed by atoms with van der Waals surface area (Å²) in [6.07, 6.45) is 0. The van der Waals surface area contributed by atoms with Crippen LogP contribution in [0.3, 0.4) is 0 Å². The molecule has 1 rings (SSSR count). The first-order valence-corrected chi connectivity index (χ1v) is 6.24. The Kier molecular flexibility index (Phi) is 2.87. The Balaban J connectivity index is 3.30. The lowest BCUT2D eigenvalue weighted by molar-refractivity contribution is -0.0796. The zero-order chi connectivity index (χ0) is 11.0. The quantitative estimate of drug-likeness (QED) is 0.563. The molecule has 0 amide bonds. The molecule has 0 spiro atoms. The molecule has 0 aliphatic carbocycles. The molecule has 0 unspecified atom stereocenters. The summed E-state index contributed by atoms with van der Waals surface area (Å²) in [5, 5.41) is 0. The molecular formula is C4H8O8S2. The third-order valence-corrected chi connectivity index (χ3v) is 4.92. The minimum Gasteiger partial charge on any atom is -0.374 e. The highest BCUT2D eigenvalue weighted by Gasteiger charge is 2.58. The Morgan fingerprint density at radius 3 is 1.71 bits per heavy atom. The first-order chi connectivity index (χ1) is 6.21. The first-order valence-electron chi connectivity index (χ1n) is 3.36. The molecule has 0 aromatic rings. The van der Waals surface area contributed by atoms with Crippen molar-refractivity contribution in [1.29, 1.82) is 0 Å². The van der Waals surface area contributed by atoms with E-state index in [4.69, 9.17) is 9.11 Å². The molecule has 1 fully saturated rings. The van der Waals surface area contributed by atoms with Crippen molar-refractivity contribution in [2.75, 3.05) is 19.8 Å². The largest absolute Gasteiger partial charge is 0.374 e. The van der Waals surface area contributed by atoms with E-state index in [1.807, 2.05) is 0 Å². The molecule has 0 aromatic carbocycles. The van der Waals surface area contributed by atoms with Crippen LogP contribution in [0.4, 0.5) is 0 Å². The van der Waals surface area contributed by atoms with E-state index in [0.717, 1.165) is 0 Å². The Bertz CT molecular complexity index is 365. The molecule has 0 saturated carbocycles. The summed E-state index contributed by atoms with van der Waals surface area (Å²) in [5.74, 6) is 0. The van der Waals surface area contributed by atoms with Crippen LogP contribution in [0.1, 0.15) is 0 Å². The summed E-state index contributed by atoms with van der Waals surface area (Å²) in [4.78, 5) is 0. The lowest BCUT2D eigenvalue weighted by atomic mass is 10.6. The summed E-state index contributed by atoms with van der Waals surface area (Å²) in [5.41, 5.74) is 0. The van der Waals surface area contributed by atoms with Gasteiger partial charge in [-0.25, -0.2) is 0 Å². The first kappa shape index (κ1) is 11.8. The van der Waals surface area contributed by atoms with Crippen LogP contribution in [0.5, 0.6) is 0 Å². The van der Waals surface area contributed by atoms with Gasteiger partial charge in [-0.3, -0.25) is 9.11 Å². The second-order valence-corrected chi connectivity index (χ2v) is 6.01. The molecule has 8 nitrogen and oxygen atoms in total. The molecule has 0 bridgehead atoms. The van der Waals surface area contributed by atoms with Crippen molar-refractivity contribution in [1.82, 2.24) is 0 Å². The van der Waals surface area contributed by atoms with E-state index in [9.17, 15) is 16.8 Å². The third kappa shape index (κ3) is 1.76. The number of ether oxygens (including phenoxy) is 2. The van der Waals surface area contributed by atoms with E-state index < -0.39 is 31.1 Å². The fourth-order valence-electron chi connectivity index (χ4n) is 0.926. The van der Waals surface area contributed by atoms with Gasteiger partial charge < -0.3 is 9.47 Å². The third-order valence-electron chi connectivity index (χ3n) is 1.61. The van der Waals surface area contributed by atoms with Crippen LogP contribution >= 0.6 is 0 Å². The van der Waals surface area contributed by atoms with E-state index in [2.05, 4.69) is 9.47 Å². The zero-order valence-corrected chi connectivity index (χ0v) is 8.41. The normalized spacial score (nSPS) is 23.3. The average molecular weight is 248 g/mol. The molecule has 10 heteroatoms. The Hall–Kier alpha value is -0.260. The van der Waals surface area contributed by atoms with Gasteiger partial charge in [-0.05, 0) is 0 Å². The molecule has 14 heavy (non-hydrogen) atoms. The van der Waals surface area contributed by atoms with Crippen LogP contribution in [0.25, 0.3) is 0 Å². The second kappa shape index (κ2) is 3.40. The minimum atomic E-state index is -5.13. The number of hydrogen-bond donors (Lipinski definition) is 2. The van der Waals surface area contributed by atoms with Crippen LogP contribution in [0, 0.1) is 0 Å². The lowest BCUT2D eigenvalue weighted by Gasteiger charge is -2.30. The predicted molar refractivity (Wildman–Crippen MR) is 42.6 cm³/mol. The van der Waals surface area contributed by atoms with Crippen molar-refractivity contribution in [2.24, 2.45) is 0 Å². The van der Waals surface area contributed by atoms with Gasteiger partial charge in [0, 0.05) is 0 Å². The predicted octanol–water partition coefficient (Wildman–Crippen LogP) is -1.54. The zero-order valence-electron chi connectivity index (χ0n) is 6.78. The Labute approximate surface area is 80.3 Å². The molecule has 0 aromatic heterocycles. The fraction of sp³-hybridized carbons (Fsp3) is 1.00. The maximum absolute atomic E-state index is 10.8. The van der Waals surface area contributed by atoms with Gasteiger partial charge in [0.25, 0.3) is 0 Å². The van der Waals surface area contributed by atoms with Crippen LogP contribution < -0.4 is 0 Å². The molecular weight excluding hydrogens is 240 g/mol. The van der Waals surface area contributed by atoms with E-state index in [1.165, 1.54) is 0 Å². The molecule has 2 N–H and O–H groups in total. The lowest BCUT2D eigenvalue weighted by Crippen LogP contribution is -2.55. The molecule has 1 saturated heterocycles. The van der Waals surface area contributed by atoms with Gasteiger partial charge in [-0.15, -0.1) is 0 Å². The molecule has 1 aliphatic heterocycles. The monoisotopic (exact) mass is 248 g/mol. The van der Waals surface area contributed by atoms with E-state index in [-0.39, 0.29) is 13.2 Å². The standard InChI is InChI=1S/C4H8O8S2/c5-13(6,7)4(14(8,9)10)3-11-1-2-12-4/h1-3H2,(H,5,6,7)(H,8,9,10). The molecule has 0 radical (unpaired) electrons. The van der Waals surface area contributed by atoms with Crippen molar-refractivity contribution >= 4 is 20.2 Å². The van der Waals surface area contributed by atoms with Crippen molar-refractivity contribution in [3.63, 3.8) is 0 Å². The van der Waals surface area contributed by atoms with Crippen molar-refractivity contribution in [2.45, 2.75) is 4.27 Å². The summed E-state index contributed by atoms with van der Waals surface area (Å²) < 4.78 is 66.2. The second-order valence-electron chi connectivity index (χ2n) is 2.53. The maximum atomic E-state index is 10.8. The smallest absolute Gasteiger partial charge is 0.344 e. The van der Waals surface area contributed by atoms with Gasteiger partial charge in [-0.1, -0.05) is 0 Å². The van der Waals surface area contributed by atoms with Gasteiger partial charge >= 0.3 is 24.5 Å². The Morgan fingerprint density at radius 1 is 1.00 bits per heavy atom. The van der Waals surface area contributed by atoms with Gasteiger partial charge in [0.1, 0.15) is 6.61 Å². The van der Waals surface area contributed by atoms with Gasteiger partial charge in [0.2, 0.25) is 0 Å². The summed E-state index contributed by atoms with van der Waals surface area (Å²) in [6.45, 7) is -1.35. The van der Waals surface area contributed by atoms with Crippen LogP contribution in [0.15, 0.2) is 0 Å². The van der Waals surface area contributed by atoms with Crippen molar-refractivity contribution in [3.05, 3.63) is 0 Å². The molecule has 1 heterocycles. The average Bonchev–Trinajstić information content (AvgIpc) is 2.02. The number of hydrogen-bond acceptors (Lipinski definition) is 6. The number of rotatable bonds is 2. The summed E-state index contributed by atoms with van der Waals surface area (Å²) >= 11 is 0. The summed E-state index contributed by atoms with van der Waals surface area (Å²) in [7, 11) is -10.3. The molecule has 1 aliphatic rings. The SMILES string of the molecule is O=S(=O)(O)C1(S(=O)(=O)O)COCCO1. The highest BCUT2D eigenvalue weighted by molar-refractivity contribution is 8.05. The highest BCUT2D eigenvalue weighted by Crippen LogP contribution is 2.27. The van der Waals surface area contributed by atoms with E-state index in [1.54, 1.807) is 0 Å². The molecule has 84 valence electrons. The van der Waals surface area contributed by atoms with Gasteiger partial charge in [0.05, 0.1) is 13.2 Å². The van der Waals surface area contributed by atoms with E-state index in [0.29, 0.717) is 0 Å². The minimum absolute atomic E-state index is 0.0210. The van der Waals surface area contributed by atoms with Crippen molar-refractivity contribution in [3.8, 4) is 0 Å². The van der Waals surface area contributed by atoms with Crippen LogP contribution in [-0.4, -0.2) is 50.0 Å². The van der Waals surface area contributed by atoms with E-state index >= 15 is 0 Å². The Morgan fingerprint density at radius 2 is 1.50 bits per heavy atom. The van der Waals surface area contributed by atoms with Crippen LogP contribution in [0.2, 0.25) is 0 Å². The fourth-order valence-corrected chi connectivity index (χ4v) is 2.92. The molecule has 0 atom stereocenters. The maximum Gasteiger partial charge on any atom is 0.344 e. The summed E-state index contributed by atoms with van der Waals surface area (Å²) in [6, 6.07) is 0. The highest BCUT2D eigenvalue weighted by atomic mass is 32.3. The van der Waals surface area contributed by atoms with Crippen LogP contribution in [-0.2, 0) is 29.7 Å². The topological polar surface area (TPSA) is 127 Å². The van der Waals surface area contributed by atoms with Crippen molar-refractivity contribution < 1.29 is 35.4 Å². The van der Waals surface area contributed by atoms with Gasteiger partial charge in [0.15, 0.2) is 0 Å². The van der Waals surface area contributed by atoms with Gasteiger partial charge in [-0.2, -0.15) is 16.8 Å².